The van der Waals surface area contributed by atoms with Crippen molar-refractivity contribution in [2.45, 2.75) is 109 Å². The second-order valence-corrected chi connectivity index (χ2v) is 16.6. The van der Waals surface area contributed by atoms with Crippen molar-refractivity contribution in [2.75, 3.05) is 6.54 Å². The van der Waals surface area contributed by atoms with Gasteiger partial charge >= 0.3 is 11.9 Å². The van der Waals surface area contributed by atoms with Crippen molar-refractivity contribution in [1.82, 2.24) is 15.5 Å². The molecule has 3 amide bonds. The third-order valence-electron chi connectivity index (χ3n) is 9.48. The summed E-state index contributed by atoms with van der Waals surface area (Å²) in [4.78, 5) is 54.2. The van der Waals surface area contributed by atoms with Gasteiger partial charge in [0, 0.05) is 12.5 Å². The summed E-state index contributed by atoms with van der Waals surface area (Å²) in [5.74, 6) is -1.76. The van der Waals surface area contributed by atoms with E-state index in [1.165, 1.54) is 4.90 Å². The minimum Gasteiger partial charge on any atom is -0.446 e. The number of likely N-dealkylation sites (tertiary alicyclic amines) is 1. The number of amides is 3. The van der Waals surface area contributed by atoms with Gasteiger partial charge in [-0.15, -0.1) is 6.58 Å². The summed E-state index contributed by atoms with van der Waals surface area (Å²) >= 11 is 0. The molecule has 2 saturated carbocycles. The number of nitrogens with zero attached hydrogens (tertiary/aromatic N) is 1. The molecule has 0 spiro atoms. The topological polar surface area (TPSA) is 157 Å². The monoisotopic (exact) mass is 671 g/mol. The van der Waals surface area contributed by atoms with Gasteiger partial charge in [0.25, 0.3) is 0 Å². The Morgan fingerprint density at radius 1 is 1.13 bits per heavy atom. The summed E-state index contributed by atoms with van der Waals surface area (Å²) in [6, 6.07) is 7.38. The highest BCUT2D eigenvalue weighted by Crippen LogP contribution is 2.74. The molecule has 1 aromatic heterocycles. The summed E-state index contributed by atoms with van der Waals surface area (Å²) in [5.41, 5.74) is 0.0753. The van der Waals surface area contributed by atoms with E-state index in [2.05, 4.69) is 17.2 Å². The second-order valence-electron chi connectivity index (χ2n) is 13.9. The van der Waals surface area contributed by atoms with E-state index in [4.69, 9.17) is 18.1 Å². The molecule has 12 nitrogen and oxygen atoms in total. The summed E-state index contributed by atoms with van der Waals surface area (Å²) in [5, 5.41) is 4.56. The second kappa shape index (κ2) is 13.8. The summed E-state index contributed by atoms with van der Waals surface area (Å²) in [6.45, 7) is 11.1. The van der Waals surface area contributed by atoms with E-state index < -0.39 is 48.0 Å². The number of rotatable bonds is 12. The van der Waals surface area contributed by atoms with Crippen LogP contribution in [0.1, 0.15) is 82.8 Å². The van der Waals surface area contributed by atoms with Gasteiger partial charge in [-0.05, 0) is 62.8 Å². The maximum Gasteiger partial charge on any atom is 0.519 e. The van der Waals surface area contributed by atoms with E-state index in [1.54, 1.807) is 13.0 Å². The van der Waals surface area contributed by atoms with Crippen molar-refractivity contribution in [3.63, 3.8) is 0 Å². The van der Waals surface area contributed by atoms with E-state index >= 15 is 4.57 Å². The van der Waals surface area contributed by atoms with E-state index in [0.717, 1.165) is 31.2 Å². The van der Waals surface area contributed by atoms with E-state index in [1.807, 2.05) is 51.1 Å². The van der Waals surface area contributed by atoms with Gasteiger partial charge in [0.15, 0.2) is 5.76 Å². The van der Waals surface area contributed by atoms with Crippen LogP contribution in [0.3, 0.4) is 0 Å². The fourth-order valence-corrected chi connectivity index (χ4v) is 9.68. The number of nitrogens with one attached hydrogen (secondary N) is 2. The smallest absolute Gasteiger partial charge is 0.446 e. The Balaban J connectivity index is 1.37. The average molecular weight is 672 g/mol. The van der Waals surface area contributed by atoms with Crippen LogP contribution in [0.5, 0.6) is 0 Å². The molecule has 3 aliphatic rings. The first-order valence-corrected chi connectivity index (χ1v) is 18.2. The zero-order valence-electron chi connectivity index (χ0n) is 27.6. The van der Waals surface area contributed by atoms with Crippen molar-refractivity contribution in [2.24, 2.45) is 11.3 Å². The fraction of sp³-hybridized carbons (Fsp3) is 0.588. The van der Waals surface area contributed by atoms with Crippen molar-refractivity contribution >= 4 is 25.3 Å². The maximum atomic E-state index is 15.0. The largest absolute Gasteiger partial charge is 0.519 e. The number of carbonyl (C=O) groups excluding carboxylic acids is 3. The molecular weight excluding hydrogens is 625 g/mol. The van der Waals surface area contributed by atoms with E-state index in [0.29, 0.717) is 25.8 Å². The van der Waals surface area contributed by atoms with Crippen LogP contribution in [0.15, 0.2) is 56.6 Å². The highest BCUT2D eigenvalue weighted by atomic mass is 31.2. The molecular formula is C34H46N3O9P. The van der Waals surface area contributed by atoms with Crippen LogP contribution in [0.2, 0.25) is 0 Å². The van der Waals surface area contributed by atoms with Gasteiger partial charge in [-0.2, -0.15) is 0 Å². The molecule has 2 heterocycles. The predicted molar refractivity (Wildman–Crippen MR) is 174 cm³/mol. The number of ether oxygens (including phenoxy) is 1. The Bertz CT molecular complexity index is 1570. The molecule has 5 rings (SSSR count). The lowest BCUT2D eigenvalue weighted by Gasteiger charge is -2.36. The Labute approximate surface area is 275 Å². The first-order valence-electron chi connectivity index (χ1n) is 16.4. The summed E-state index contributed by atoms with van der Waals surface area (Å²) in [7, 11) is -3.78. The van der Waals surface area contributed by atoms with Crippen LogP contribution in [-0.2, 0) is 36.2 Å². The lowest BCUT2D eigenvalue weighted by atomic mass is 9.85. The van der Waals surface area contributed by atoms with Crippen molar-refractivity contribution in [3.8, 4) is 0 Å². The molecule has 5 atom stereocenters. The van der Waals surface area contributed by atoms with Gasteiger partial charge in [-0.3, -0.25) is 14.2 Å². The van der Waals surface area contributed by atoms with Gasteiger partial charge in [0.1, 0.15) is 35.8 Å². The number of benzene rings is 1. The lowest BCUT2D eigenvalue weighted by molar-refractivity contribution is -0.142. The van der Waals surface area contributed by atoms with Crippen LogP contribution in [0.25, 0.3) is 0 Å². The van der Waals surface area contributed by atoms with Gasteiger partial charge in [0.05, 0.1) is 6.16 Å². The highest BCUT2D eigenvalue weighted by molar-refractivity contribution is 7.60. The third-order valence-corrected chi connectivity index (χ3v) is 12.6. The Morgan fingerprint density at radius 3 is 2.43 bits per heavy atom. The van der Waals surface area contributed by atoms with Crippen molar-refractivity contribution < 1.29 is 37.0 Å². The van der Waals surface area contributed by atoms with Crippen molar-refractivity contribution in [1.29, 1.82) is 0 Å². The van der Waals surface area contributed by atoms with Crippen LogP contribution in [0, 0.1) is 18.3 Å². The quantitative estimate of drug-likeness (QED) is 0.216. The molecule has 1 unspecified atom stereocenters. The highest BCUT2D eigenvalue weighted by Gasteiger charge is 2.67. The van der Waals surface area contributed by atoms with E-state index in [9.17, 15) is 19.2 Å². The average Bonchev–Trinajstić information content (AvgIpc) is 3.40. The van der Waals surface area contributed by atoms with Gasteiger partial charge in [0.2, 0.25) is 19.2 Å². The number of aryl methyl sites for hydroxylation is 1. The van der Waals surface area contributed by atoms with E-state index in [-0.39, 0.29) is 42.2 Å². The zero-order chi connectivity index (χ0) is 34.0. The van der Waals surface area contributed by atoms with Crippen LogP contribution >= 0.6 is 7.37 Å². The standard InChI is InChI=1S/C34H46N3O9P/c1-6-24-19-34(24,47(42,21-23-13-8-7-9-14-23)43-20-27-22(2)44-32(41)46-27)36-29(38)26-17-12-18-37(26)30(39)28(33(3,4)5)35-31(40)45-25-15-10-11-16-25/h6-9,13-14,24-26,28H,1,10-12,15-21H2,2-5H3,(H,35,40)(H,36,38)/t24-,26+,28-,34+,47?/m1/s1. The number of alkyl carbamates (subject to hydrolysis) is 1. The van der Waals surface area contributed by atoms with Gasteiger partial charge in [-0.25, -0.2) is 9.59 Å². The molecule has 2 aromatic rings. The normalized spacial score (nSPS) is 24.7. The van der Waals surface area contributed by atoms with Crippen molar-refractivity contribution in [3.05, 3.63) is 70.7 Å². The first kappa shape index (κ1) is 34.7. The minimum atomic E-state index is -3.78. The predicted octanol–water partition coefficient (Wildman–Crippen LogP) is 5.63. The molecule has 2 aliphatic carbocycles. The zero-order valence-corrected chi connectivity index (χ0v) is 28.5. The minimum absolute atomic E-state index is 0.00598. The number of hydrogen-bond acceptors (Lipinski definition) is 9. The Morgan fingerprint density at radius 2 is 1.83 bits per heavy atom. The van der Waals surface area contributed by atoms with Gasteiger partial charge in [-0.1, -0.05) is 57.2 Å². The van der Waals surface area contributed by atoms with Gasteiger partial charge < -0.3 is 33.6 Å². The molecule has 13 heteroatoms. The number of hydrogen-bond donors (Lipinski definition) is 2. The van der Waals surface area contributed by atoms with Crippen LogP contribution in [-0.4, -0.2) is 52.8 Å². The molecule has 3 fully saturated rings. The molecule has 1 aromatic carbocycles. The Hall–Kier alpha value is -3.63. The molecule has 0 radical (unpaired) electrons. The summed E-state index contributed by atoms with van der Waals surface area (Å²) in [6.07, 6.45) is 5.77. The molecule has 256 valence electrons. The summed E-state index contributed by atoms with van der Waals surface area (Å²) < 4.78 is 36.8. The molecule has 0 bridgehead atoms. The molecule has 1 saturated heterocycles. The first-order chi connectivity index (χ1) is 22.3. The van der Waals surface area contributed by atoms with Crippen LogP contribution < -0.4 is 16.5 Å². The fourth-order valence-electron chi connectivity index (χ4n) is 6.69. The maximum absolute atomic E-state index is 15.0. The molecule has 47 heavy (non-hydrogen) atoms. The molecule has 1 aliphatic heterocycles. The Kier molecular flexibility index (Phi) is 10.2. The van der Waals surface area contributed by atoms with Crippen LogP contribution in [0.4, 0.5) is 4.79 Å². The SMILES string of the molecule is C=C[C@@H]1C[C@]1(NC(=O)[C@@H]1CCCN1C(=O)[C@@H](NC(=O)OC1CCCC1)C(C)(C)C)P(=O)(Cc1ccccc1)OCc1oc(=O)oc1C. The third kappa shape index (κ3) is 7.59. The molecule has 2 N–H and O–H groups in total. The number of carbonyl (C=O) groups is 3. The lowest BCUT2D eigenvalue weighted by Crippen LogP contribution is -2.58.